The number of aryl methyl sites for hydroxylation is 1. The van der Waals surface area contributed by atoms with Gasteiger partial charge in [-0.1, -0.05) is 87.8 Å². The van der Waals surface area contributed by atoms with Crippen molar-refractivity contribution in [1.82, 2.24) is 0 Å². The summed E-state index contributed by atoms with van der Waals surface area (Å²) in [6, 6.07) is 20.3. The van der Waals surface area contributed by atoms with E-state index in [0.717, 1.165) is 0 Å². The van der Waals surface area contributed by atoms with Crippen molar-refractivity contribution >= 4 is 8.07 Å². The van der Waals surface area contributed by atoms with E-state index in [2.05, 4.69) is 50.0 Å². The van der Waals surface area contributed by atoms with Gasteiger partial charge in [0.2, 0.25) is 0 Å². The van der Waals surface area contributed by atoms with E-state index in [9.17, 15) is 0 Å². The van der Waals surface area contributed by atoms with Crippen molar-refractivity contribution in [3.05, 3.63) is 59.7 Å². The zero-order chi connectivity index (χ0) is 18.1. The molecule has 0 amide bonds. The highest BCUT2D eigenvalue weighted by atomic mass is 28.3. The molecule has 1 nitrogen and oxygen atoms in total. The van der Waals surface area contributed by atoms with Gasteiger partial charge < -0.3 is 0 Å². The normalized spacial score (nSPS) is 11.3. The largest absolute Gasteiger partial charge is 0.192 e. The monoisotopic (exact) mass is 349 g/mol. The Morgan fingerprint density at radius 3 is 1.80 bits per heavy atom. The molecule has 0 radical (unpaired) electrons. The highest BCUT2D eigenvalue weighted by Crippen LogP contribution is 2.21. The van der Waals surface area contributed by atoms with E-state index in [-0.39, 0.29) is 0 Å². The standard InChI is InChI=1S/C23H31NSi/c1-25(2,3)18-8-6-4-5-7-9-20-10-14-22(15-11-20)23-16-12-21(19-24)13-17-23/h10-17H,4-9,18H2,1-3H3. The molecule has 0 fully saturated rings. The molecule has 0 saturated heterocycles. The average molecular weight is 350 g/mol. The number of rotatable bonds is 9. The lowest BCUT2D eigenvalue weighted by Gasteiger charge is -2.14. The topological polar surface area (TPSA) is 23.8 Å². The van der Waals surface area contributed by atoms with Crippen molar-refractivity contribution in [1.29, 1.82) is 5.26 Å². The molecular weight excluding hydrogens is 318 g/mol. The first kappa shape index (κ1) is 19.5. The zero-order valence-electron chi connectivity index (χ0n) is 16.0. The summed E-state index contributed by atoms with van der Waals surface area (Å²) in [5.74, 6) is 0. The first-order chi connectivity index (χ1) is 12.0. The van der Waals surface area contributed by atoms with Crippen LogP contribution in [0.25, 0.3) is 11.1 Å². The van der Waals surface area contributed by atoms with E-state index in [4.69, 9.17) is 5.26 Å². The highest BCUT2D eigenvalue weighted by molar-refractivity contribution is 6.76. The Bertz CT molecular complexity index is 672. The SMILES string of the molecule is C[Si](C)(C)CCCCCCCc1ccc(-c2ccc(C#N)cc2)cc1. The van der Waals surface area contributed by atoms with Crippen LogP contribution >= 0.6 is 0 Å². The lowest BCUT2D eigenvalue weighted by molar-refractivity contribution is 0.630. The maximum absolute atomic E-state index is 8.87. The third-order valence-corrected chi connectivity index (χ3v) is 6.55. The van der Waals surface area contributed by atoms with Crippen LogP contribution in [0, 0.1) is 11.3 Å². The summed E-state index contributed by atoms with van der Waals surface area (Å²) in [4.78, 5) is 0. The van der Waals surface area contributed by atoms with Crippen molar-refractivity contribution < 1.29 is 0 Å². The second-order valence-corrected chi connectivity index (χ2v) is 13.8. The molecule has 0 bridgehead atoms. The molecule has 25 heavy (non-hydrogen) atoms. The minimum absolute atomic E-state index is 0.713. The van der Waals surface area contributed by atoms with E-state index in [1.54, 1.807) is 0 Å². The molecule has 2 aromatic carbocycles. The molecule has 132 valence electrons. The third kappa shape index (κ3) is 7.28. The first-order valence-electron chi connectivity index (χ1n) is 9.57. The number of hydrogen-bond donors (Lipinski definition) is 0. The van der Waals surface area contributed by atoms with Crippen molar-refractivity contribution in [3.63, 3.8) is 0 Å². The molecule has 0 N–H and O–H groups in total. The molecule has 0 spiro atoms. The first-order valence-corrected chi connectivity index (χ1v) is 13.3. The van der Waals surface area contributed by atoms with Gasteiger partial charge in [0, 0.05) is 8.07 Å². The quantitative estimate of drug-likeness (QED) is 0.351. The molecular formula is C23H31NSi. The van der Waals surface area contributed by atoms with Crippen LogP contribution in [0.4, 0.5) is 0 Å². The number of nitrogens with zero attached hydrogens (tertiary/aromatic N) is 1. The molecule has 0 unspecified atom stereocenters. The number of hydrogen-bond acceptors (Lipinski definition) is 1. The van der Waals surface area contributed by atoms with Crippen LogP contribution in [0.1, 0.15) is 43.2 Å². The smallest absolute Gasteiger partial charge is 0.0991 e. The predicted molar refractivity (Wildman–Crippen MR) is 112 cm³/mol. The third-order valence-electron chi connectivity index (χ3n) is 4.69. The van der Waals surface area contributed by atoms with Gasteiger partial charge in [-0.15, -0.1) is 0 Å². The van der Waals surface area contributed by atoms with Crippen LogP contribution in [0.3, 0.4) is 0 Å². The molecule has 0 aromatic heterocycles. The molecule has 0 aliphatic carbocycles. The molecule has 2 aromatic rings. The average Bonchev–Trinajstić information content (AvgIpc) is 2.60. The van der Waals surface area contributed by atoms with Crippen LogP contribution in [0.2, 0.25) is 25.7 Å². The lowest BCUT2D eigenvalue weighted by atomic mass is 10.0. The molecule has 0 saturated carbocycles. The van der Waals surface area contributed by atoms with E-state index in [1.807, 2.05) is 24.3 Å². The second kappa shape index (κ2) is 9.58. The van der Waals surface area contributed by atoms with Crippen molar-refractivity contribution in [2.45, 2.75) is 64.2 Å². The van der Waals surface area contributed by atoms with Crippen LogP contribution < -0.4 is 0 Å². The van der Waals surface area contributed by atoms with Crippen LogP contribution in [-0.4, -0.2) is 8.07 Å². The second-order valence-electron chi connectivity index (χ2n) is 8.21. The Kier molecular flexibility index (Phi) is 7.46. The van der Waals surface area contributed by atoms with Gasteiger partial charge in [-0.05, 0) is 41.7 Å². The number of benzene rings is 2. The molecule has 0 heterocycles. The van der Waals surface area contributed by atoms with Gasteiger partial charge in [0.15, 0.2) is 0 Å². The van der Waals surface area contributed by atoms with Crippen LogP contribution in [0.15, 0.2) is 48.5 Å². The van der Waals surface area contributed by atoms with Crippen molar-refractivity contribution in [3.8, 4) is 17.2 Å². The summed E-state index contributed by atoms with van der Waals surface area (Å²) < 4.78 is 0. The minimum atomic E-state index is -0.833. The van der Waals surface area contributed by atoms with Gasteiger partial charge in [0.05, 0.1) is 11.6 Å². The maximum atomic E-state index is 8.87. The Labute approximate surface area is 154 Å². The summed E-state index contributed by atoms with van der Waals surface area (Å²) in [6.45, 7) is 7.40. The zero-order valence-corrected chi connectivity index (χ0v) is 17.0. The van der Waals surface area contributed by atoms with E-state index in [1.165, 1.54) is 61.3 Å². The Morgan fingerprint density at radius 1 is 0.720 bits per heavy atom. The highest BCUT2D eigenvalue weighted by Gasteiger charge is 2.11. The van der Waals surface area contributed by atoms with Gasteiger partial charge in [-0.25, -0.2) is 0 Å². The maximum Gasteiger partial charge on any atom is 0.0991 e. The summed E-state index contributed by atoms with van der Waals surface area (Å²) >= 11 is 0. The number of nitriles is 1. The lowest BCUT2D eigenvalue weighted by Crippen LogP contribution is -2.18. The molecule has 2 rings (SSSR count). The Balaban J connectivity index is 1.71. The Hall–Kier alpha value is -1.85. The van der Waals surface area contributed by atoms with Crippen LogP contribution in [0.5, 0.6) is 0 Å². The number of unbranched alkanes of at least 4 members (excludes halogenated alkanes) is 4. The summed E-state index contributed by atoms with van der Waals surface area (Å²) in [5.41, 5.74) is 4.54. The van der Waals surface area contributed by atoms with Gasteiger partial charge in [0.25, 0.3) is 0 Å². The van der Waals surface area contributed by atoms with Crippen molar-refractivity contribution in [2.24, 2.45) is 0 Å². The van der Waals surface area contributed by atoms with Crippen LogP contribution in [-0.2, 0) is 6.42 Å². The summed E-state index contributed by atoms with van der Waals surface area (Å²) in [5, 5.41) is 8.87. The molecule has 0 atom stereocenters. The fourth-order valence-electron chi connectivity index (χ4n) is 3.12. The fraction of sp³-hybridized carbons (Fsp3) is 0.435. The molecule has 0 aliphatic rings. The Morgan fingerprint density at radius 2 is 1.24 bits per heavy atom. The predicted octanol–water partition coefficient (Wildman–Crippen LogP) is 7.06. The molecule has 0 aliphatic heterocycles. The van der Waals surface area contributed by atoms with E-state index < -0.39 is 8.07 Å². The summed E-state index contributed by atoms with van der Waals surface area (Å²) in [7, 11) is -0.833. The van der Waals surface area contributed by atoms with Gasteiger partial charge in [0.1, 0.15) is 0 Å². The van der Waals surface area contributed by atoms with Gasteiger partial charge in [-0.2, -0.15) is 5.26 Å². The van der Waals surface area contributed by atoms with E-state index in [0.29, 0.717) is 5.56 Å². The molecule has 2 heteroatoms. The van der Waals surface area contributed by atoms with E-state index >= 15 is 0 Å². The minimum Gasteiger partial charge on any atom is -0.192 e. The fourth-order valence-corrected chi connectivity index (χ4v) is 4.43. The van der Waals surface area contributed by atoms with Crippen molar-refractivity contribution in [2.75, 3.05) is 0 Å². The van der Waals surface area contributed by atoms with Gasteiger partial charge in [-0.3, -0.25) is 0 Å². The summed E-state index contributed by atoms with van der Waals surface area (Å²) in [6.07, 6.45) is 8.04. The van der Waals surface area contributed by atoms with Gasteiger partial charge >= 0.3 is 0 Å².